The molecule has 1 N–H and O–H groups in total. The summed E-state index contributed by atoms with van der Waals surface area (Å²) in [7, 11) is 3.16. The van der Waals surface area contributed by atoms with Crippen molar-refractivity contribution in [1.29, 1.82) is 0 Å². The molecule has 0 saturated carbocycles. The highest BCUT2D eigenvalue weighted by Gasteiger charge is 2.13. The predicted octanol–water partition coefficient (Wildman–Crippen LogP) is 4.71. The normalized spacial score (nSPS) is 10.2. The number of rotatable bonds is 9. The Kier molecular flexibility index (Phi) is 7.70. The van der Waals surface area contributed by atoms with Gasteiger partial charge < -0.3 is 24.3 Å². The van der Waals surface area contributed by atoms with Crippen LogP contribution >= 0.6 is 0 Å². The maximum Gasteiger partial charge on any atom is 0.338 e. The minimum Gasteiger partial charge on any atom is -0.497 e. The van der Waals surface area contributed by atoms with Gasteiger partial charge in [-0.2, -0.15) is 0 Å². The van der Waals surface area contributed by atoms with E-state index in [-0.39, 0.29) is 12.5 Å². The van der Waals surface area contributed by atoms with Crippen LogP contribution in [0.5, 0.6) is 17.2 Å². The van der Waals surface area contributed by atoms with E-state index in [0.29, 0.717) is 40.7 Å². The number of hydrogen-bond acceptors (Lipinski definition) is 6. The molecule has 3 aromatic carbocycles. The molecule has 166 valence electrons. The third-order valence-corrected chi connectivity index (χ3v) is 4.63. The number of benzene rings is 3. The second-order valence-corrected chi connectivity index (χ2v) is 6.75. The molecule has 0 atom stereocenters. The highest BCUT2D eigenvalue weighted by Crippen LogP contribution is 2.25. The SMILES string of the molecule is CCOC(=O)c1ccc(NC(=O)c2ccc(OC)c(COc3cccc(OC)c3)c2)cc1. The smallest absolute Gasteiger partial charge is 0.338 e. The van der Waals surface area contributed by atoms with Crippen LogP contribution in [-0.4, -0.2) is 32.7 Å². The standard InChI is InChI=1S/C25H25NO6/c1-4-31-25(28)17-8-11-20(12-9-17)26-24(27)18-10-13-23(30-3)19(14-18)16-32-22-7-5-6-21(15-22)29-2/h5-15H,4,16H2,1-3H3,(H,26,27). The van der Waals surface area contributed by atoms with Crippen molar-refractivity contribution in [2.75, 3.05) is 26.1 Å². The van der Waals surface area contributed by atoms with Crippen molar-refractivity contribution in [2.24, 2.45) is 0 Å². The molecule has 0 saturated heterocycles. The van der Waals surface area contributed by atoms with Gasteiger partial charge in [0.15, 0.2) is 0 Å². The Balaban J connectivity index is 1.70. The lowest BCUT2D eigenvalue weighted by molar-refractivity contribution is 0.0526. The van der Waals surface area contributed by atoms with Gasteiger partial charge in [-0.1, -0.05) is 6.07 Å². The van der Waals surface area contributed by atoms with Gasteiger partial charge in [0.2, 0.25) is 0 Å². The van der Waals surface area contributed by atoms with E-state index in [9.17, 15) is 9.59 Å². The summed E-state index contributed by atoms with van der Waals surface area (Å²) in [6.45, 7) is 2.27. The van der Waals surface area contributed by atoms with Gasteiger partial charge in [-0.3, -0.25) is 4.79 Å². The largest absolute Gasteiger partial charge is 0.497 e. The molecule has 0 fully saturated rings. The first-order valence-electron chi connectivity index (χ1n) is 10.1. The molecule has 0 radical (unpaired) electrons. The molecule has 0 bridgehead atoms. The molecule has 7 nitrogen and oxygen atoms in total. The average molecular weight is 435 g/mol. The number of amides is 1. The Hall–Kier alpha value is -4.00. The topological polar surface area (TPSA) is 83.1 Å². The minimum absolute atomic E-state index is 0.214. The summed E-state index contributed by atoms with van der Waals surface area (Å²) in [5, 5.41) is 2.82. The highest BCUT2D eigenvalue weighted by atomic mass is 16.5. The van der Waals surface area contributed by atoms with Gasteiger partial charge in [-0.05, 0) is 61.5 Å². The van der Waals surface area contributed by atoms with E-state index in [4.69, 9.17) is 18.9 Å². The molecule has 32 heavy (non-hydrogen) atoms. The van der Waals surface area contributed by atoms with Gasteiger partial charge in [0.1, 0.15) is 23.9 Å². The Morgan fingerprint density at radius 2 is 1.56 bits per heavy atom. The average Bonchev–Trinajstić information content (AvgIpc) is 2.83. The number of methoxy groups -OCH3 is 2. The molecule has 7 heteroatoms. The molecular formula is C25H25NO6. The van der Waals surface area contributed by atoms with Crippen LogP contribution in [0.15, 0.2) is 66.7 Å². The fourth-order valence-corrected chi connectivity index (χ4v) is 2.99. The van der Waals surface area contributed by atoms with Crippen molar-refractivity contribution in [3.8, 4) is 17.2 Å². The number of anilines is 1. The van der Waals surface area contributed by atoms with Gasteiger partial charge in [0, 0.05) is 22.9 Å². The van der Waals surface area contributed by atoms with Crippen molar-refractivity contribution in [1.82, 2.24) is 0 Å². The molecular weight excluding hydrogens is 410 g/mol. The van der Waals surface area contributed by atoms with Crippen LogP contribution in [0.1, 0.15) is 33.2 Å². The van der Waals surface area contributed by atoms with E-state index in [0.717, 1.165) is 5.56 Å². The van der Waals surface area contributed by atoms with E-state index in [1.165, 1.54) is 0 Å². The predicted molar refractivity (Wildman–Crippen MR) is 121 cm³/mol. The second-order valence-electron chi connectivity index (χ2n) is 6.75. The molecule has 3 rings (SSSR count). The quantitative estimate of drug-likeness (QED) is 0.490. The lowest BCUT2D eigenvalue weighted by atomic mass is 10.1. The van der Waals surface area contributed by atoms with Crippen LogP contribution in [0.2, 0.25) is 0 Å². The van der Waals surface area contributed by atoms with Crippen molar-refractivity contribution in [2.45, 2.75) is 13.5 Å². The van der Waals surface area contributed by atoms with Crippen molar-refractivity contribution in [3.63, 3.8) is 0 Å². The number of ether oxygens (including phenoxy) is 4. The number of esters is 1. The zero-order valence-electron chi connectivity index (χ0n) is 18.2. The van der Waals surface area contributed by atoms with Gasteiger partial charge in [-0.15, -0.1) is 0 Å². The Bertz CT molecular complexity index is 1080. The van der Waals surface area contributed by atoms with Crippen molar-refractivity contribution < 1.29 is 28.5 Å². The third-order valence-electron chi connectivity index (χ3n) is 4.63. The lowest BCUT2D eigenvalue weighted by Gasteiger charge is -2.13. The van der Waals surface area contributed by atoms with Crippen LogP contribution in [0, 0.1) is 0 Å². The van der Waals surface area contributed by atoms with E-state index in [1.54, 1.807) is 69.7 Å². The first kappa shape index (κ1) is 22.7. The Morgan fingerprint density at radius 3 is 2.25 bits per heavy atom. The molecule has 0 unspecified atom stereocenters. The zero-order valence-corrected chi connectivity index (χ0v) is 18.2. The number of hydrogen-bond donors (Lipinski definition) is 1. The fraction of sp³-hybridized carbons (Fsp3) is 0.200. The van der Waals surface area contributed by atoms with E-state index >= 15 is 0 Å². The Labute approximate surface area is 186 Å². The fourth-order valence-electron chi connectivity index (χ4n) is 2.99. The van der Waals surface area contributed by atoms with E-state index < -0.39 is 5.97 Å². The van der Waals surface area contributed by atoms with E-state index in [1.807, 2.05) is 18.2 Å². The van der Waals surface area contributed by atoms with Gasteiger partial charge in [-0.25, -0.2) is 4.79 Å². The summed E-state index contributed by atoms with van der Waals surface area (Å²) in [5.41, 5.74) is 2.16. The summed E-state index contributed by atoms with van der Waals surface area (Å²) < 4.78 is 21.4. The first-order valence-corrected chi connectivity index (χ1v) is 10.1. The summed E-state index contributed by atoms with van der Waals surface area (Å²) in [6, 6.07) is 18.9. The third kappa shape index (κ3) is 5.78. The molecule has 0 aromatic heterocycles. The monoisotopic (exact) mass is 435 g/mol. The number of carbonyl (C=O) groups is 2. The molecule has 0 aliphatic carbocycles. The summed E-state index contributed by atoms with van der Waals surface area (Å²) in [6.07, 6.45) is 0. The van der Waals surface area contributed by atoms with Crippen LogP contribution in [0.3, 0.4) is 0 Å². The maximum absolute atomic E-state index is 12.7. The number of carbonyl (C=O) groups excluding carboxylic acids is 2. The summed E-state index contributed by atoms with van der Waals surface area (Å²) in [4.78, 5) is 24.5. The molecule has 3 aromatic rings. The molecule has 0 heterocycles. The van der Waals surface area contributed by atoms with Crippen molar-refractivity contribution >= 4 is 17.6 Å². The van der Waals surface area contributed by atoms with Gasteiger partial charge >= 0.3 is 5.97 Å². The van der Waals surface area contributed by atoms with Gasteiger partial charge in [0.25, 0.3) is 5.91 Å². The van der Waals surface area contributed by atoms with Crippen LogP contribution in [-0.2, 0) is 11.3 Å². The number of nitrogens with one attached hydrogen (secondary N) is 1. The minimum atomic E-state index is -0.402. The summed E-state index contributed by atoms with van der Waals surface area (Å²) >= 11 is 0. The molecule has 0 aliphatic heterocycles. The maximum atomic E-state index is 12.7. The van der Waals surface area contributed by atoms with Crippen molar-refractivity contribution in [3.05, 3.63) is 83.4 Å². The zero-order chi connectivity index (χ0) is 22.9. The van der Waals surface area contributed by atoms with Crippen LogP contribution in [0.4, 0.5) is 5.69 Å². The molecule has 0 aliphatic rings. The Morgan fingerprint density at radius 1 is 0.844 bits per heavy atom. The van der Waals surface area contributed by atoms with Crippen LogP contribution < -0.4 is 19.5 Å². The highest BCUT2D eigenvalue weighted by molar-refractivity contribution is 6.04. The lowest BCUT2D eigenvalue weighted by Crippen LogP contribution is -2.13. The second kappa shape index (κ2) is 10.9. The summed E-state index contributed by atoms with van der Waals surface area (Å²) in [5.74, 6) is 1.25. The molecule has 1 amide bonds. The molecule has 0 spiro atoms. The van der Waals surface area contributed by atoms with Gasteiger partial charge in [0.05, 0.1) is 26.4 Å². The van der Waals surface area contributed by atoms with Crippen LogP contribution in [0.25, 0.3) is 0 Å². The van der Waals surface area contributed by atoms with E-state index in [2.05, 4.69) is 5.32 Å². The first-order chi connectivity index (χ1) is 15.5.